The van der Waals surface area contributed by atoms with E-state index in [4.69, 9.17) is 9.47 Å². The Morgan fingerprint density at radius 1 is 1.00 bits per heavy atom. The summed E-state index contributed by atoms with van der Waals surface area (Å²) in [6, 6.07) is 10.1. The Morgan fingerprint density at radius 3 is 2.33 bits per heavy atom. The minimum Gasteiger partial charge on any atom is -0.497 e. The van der Waals surface area contributed by atoms with Crippen LogP contribution in [0.5, 0.6) is 11.5 Å². The molecule has 0 fully saturated rings. The molecule has 0 aliphatic carbocycles. The predicted octanol–water partition coefficient (Wildman–Crippen LogP) is 3.49. The molecule has 2 N–H and O–H groups in total. The third-order valence-electron chi connectivity index (χ3n) is 2.76. The summed E-state index contributed by atoms with van der Waals surface area (Å²) in [4.78, 5) is 11.9. The fraction of sp³-hybridized carbons (Fsp3) is 0.133. The highest BCUT2D eigenvalue weighted by atomic mass is 19.1. The van der Waals surface area contributed by atoms with Gasteiger partial charge >= 0.3 is 6.03 Å². The van der Waals surface area contributed by atoms with E-state index in [1.54, 1.807) is 25.3 Å². The highest BCUT2D eigenvalue weighted by Crippen LogP contribution is 2.29. The first-order valence-corrected chi connectivity index (χ1v) is 6.18. The van der Waals surface area contributed by atoms with E-state index in [0.717, 1.165) is 0 Å². The minimum absolute atomic E-state index is 0.363. The normalized spacial score (nSPS) is 9.86. The average molecular weight is 290 g/mol. The van der Waals surface area contributed by atoms with Crippen molar-refractivity contribution < 1.29 is 18.7 Å². The van der Waals surface area contributed by atoms with Crippen LogP contribution in [0.3, 0.4) is 0 Å². The summed E-state index contributed by atoms with van der Waals surface area (Å²) in [5, 5.41) is 5.25. The van der Waals surface area contributed by atoms with E-state index in [9.17, 15) is 9.18 Å². The number of benzene rings is 2. The van der Waals surface area contributed by atoms with Crippen LogP contribution in [0.2, 0.25) is 0 Å². The van der Waals surface area contributed by atoms with Gasteiger partial charge in [-0.2, -0.15) is 0 Å². The highest BCUT2D eigenvalue weighted by Gasteiger charge is 2.09. The van der Waals surface area contributed by atoms with Crippen LogP contribution in [0.15, 0.2) is 42.5 Å². The Bertz CT molecular complexity index is 629. The molecule has 0 bridgehead atoms. The molecule has 0 aliphatic rings. The third kappa shape index (κ3) is 3.85. The van der Waals surface area contributed by atoms with Crippen LogP contribution in [0.1, 0.15) is 0 Å². The first-order chi connectivity index (χ1) is 10.1. The minimum atomic E-state index is -0.454. The molecule has 2 rings (SSSR count). The van der Waals surface area contributed by atoms with Gasteiger partial charge in [-0.1, -0.05) is 0 Å². The zero-order valence-electron chi connectivity index (χ0n) is 11.6. The molecular formula is C15H15FN2O3. The van der Waals surface area contributed by atoms with Crippen molar-refractivity contribution in [1.29, 1.82) is 0 Å². The van der Waals surface area contributed by atoms with Crippen LogP contribution >= 0.6 is 0 Å². The number of carbonyl (C=O) groups is 1. The number of hydrogen-bond donors (Lipinski definition) is 2. The van der Waals surface area contributed by atoms with Crippen molar-refractivity contribution in [2.45, 2.75) is 0 Å². The zero-order valence-corrected chi connectivity index (χ0v) is 11.6. The van der Waals surface area contributed by atoms with Crippen LogP contribution in [0.4, 0.5) is 20.6 Å². The fourth-order valence-electron chi connectivity index (χ4n) is 1.72. The van der Waals surface area contributed by atoms with Crippen LogP contribution < -0.4 is 20.1 Å². The molecule has 0 radical (unpaired) electrons. The van der Waals surface area contributed by atoms with Gasteiger partial charge in [-0.25, -0.2) is 9.18 Å². The fourth-order valence-corrected chi connectivity index (χ4v) is 1.72. The third-order valence-corrected chi connectivity index (χ3v) is 2.76. The summed E-state index contributed by atoms with van der Waals surface area (Å²) in [5.41, 5.74) is 0.985. The van der Waals surface area contributed by atoms with E-state index in [1.807, 2.05) is 0 Å². The van der Waals surface area contributed by atoms with E-state index in [2.05, 4.69) is 10.6 Å². The second kappa shape index (κ2) is 6.60. The molecule has 0 spiro atoms. The van der Waals surface area contributed by atoms with Crippen molar-refractivity contribution in [2.24, 2.45) is 0 Å². The Labute approximate surface area is 121 Å². The Morgan fingerprint density at radius 2 is 1.71 bits per heavy atom. The molecule has 0 saturated carbocycles. The van der Waals surface area contributed by atoms with Crippen LogP contribution in [0, 0.1) is 5.82 Å². The maximum absolute atomic E-state index is 12.8. The standard InChI is InChI=1S/C15H15FN2O3/c1-20-12-7-8-13(14(9-12)21-2)18-15(19)17-11-5-3-10(16)4-6-11/h3-9H,1-2H3,(H2,17,18,19). The smallest absolute Gasteiger partial charge is 0.323 e. The number of rotatable bonds is 4. The summed E-state index contributed by atoms with van der Waals surface area (Å²) >= 11 is 0. The van der Waals surface area contributed by atoms with Crippen molar-refractivity contribution in [1.82, 2.24) is 0 Å². The number of urea groups is 1. The molecule has 2 amide bonds. The lowest BCUT2D eigenvalue weighted by molar-refractivity contribution is 0.262. The van der Waals surface area contributed by atoms with E-state index in [1.165, 1.54) is 31.4 Å². The van der Waals surface area contributed by atoms with Gasteiger partial charge in [-0.05, 0) is 36.4 Å². The molecule has 0 unspecified atom stereocenters. The Balaban J connectivity index is 2.07. The second-order valence-corrected chi connectivity index (χ2v) is 4.15. The number of hydrogen-bond acceptors (Lipinski definition) is 3. The Kier molecular flexibility index (Phi) is 4.61. The molecule has 0 aromatic heterocycles. The van der Waals surface area contributed by atoms with Crippen LogP contribution in [-0.2, 0) is 0 Å². The largest absolute Gasteiger partial charge is 0.497 e. The maximum atomic E-state index is 12.8. The predicted molar refractivity (Wildman–Crippen MR) is 78.6 cm³/mol. The number of halogens is 1. The van der Waals surface area contributed by atoms with Gasteiger partial charge < -0.3 is 20.1 Å². The summed E-state index contributed by atoms with van der Waals surface area (Å²) in [5.74, 6) is 0.734. The molecule has 0 heterocycles. The lowest BCUT2D eigenvalue weighted by Gasteiger charge is -2.12. The van der Waals surface area contributed by atoms with Gasteiger partial charge in [-0.3, -0.25) is 0 Å². The zero-order chi connectivity index (χ0) is 15.2. The van der Waals surface area contributed by atoms with Gasteiger partial charge in [-0.15, -0.1) is 0 Å². The topological polar surface area (TPSA) is 59.6 Å². The molecule has 2 aromatic carbocycles. The number of methoxy groups -OCH3 is 2. The van der Waals surface area contributed by atoms with Crippen molar-refractivity contribution in [3.05, 3.63) is 48.3 Å². The van der Waals surface area contributed by atoms with Crippen molar-refractivity contribution in [3.8, 4) is 11.5 Å². The molecule has 0 atom stereocenters. The second-order valence-electron chi connectivity index (χ2n) is 4.15. The molecular weight excluding hydrogens is 275 g/mol. The molecule has 2 aromatic rings. The number of anilines is 2. The number of ether oxygens (including phenoxy) is 2. The van der Waals surface area contributed by atoms with Crippen molar-refractivity contribution in [2.75, 3.05) is 24.9 Å². The lowest BCUT2D eigenvalue weighted by Crippen LogP contribution is -2.19. The summed E-state index contributed by atoms with van der Waals surface area (Å²) < 4.78 is 23.0. The maximum Gasteiger partial charge on any atom is 0.323 e. The van der Waals surface area contributed by atoms with Gasteiger partial charge in [0.15, 0.2) is 0 Å². The van der Waals surface area contributed by atoms with Gasteiger partial charge in [0.25, 0.3) is 0 Å². The van der Waals surface area contributed by atoms with E-state index in [-0.39, 0.29) is 5.82 Å². The van der Waals surface area contributed by atoms with Gasteiger partial charge in [0, 0.05) is 11.8 Å². The first kappa shape index (κ1) is 14.6. The summed E-state index contributed by atoms with van der Waals surface area (Å²) in [6.07, 6.45) is 0. The monoisotopic (exact) mass is 290 g/mol. The lowest BCUT2D eigenvalue weighted by atomic mass is 10.2. The number of carbonyl (C=O) groups excluding carboxylic acids is 1. The van der Waals surface area contributed by atoms with E-state index < -0.39 is 6.03 Å². The van der Waals surface area contributed by atoms with Crippen molar-refractivity contribution >= 4 is 17.4 Å². The van der Waals surface area contributed by atoms with E-state index >= 15 is 0 Å². The van der Waals surface area contributed by atoms with Gasteiger partial charge in [0.1, 0.15) is 17.3 Å². The first-order valence-electron chi connectivity index (χ1n) is 6.18. The SMILES string of the molecule is COc1ccc(NC(=O)Nc2ccc(F)cc2)c(OC)c1. The molecule has 6 heteroatoms. The van der Waals surface area contributed by atoms with Crippen molar-refractivity contribution in [3.63, 3.8) is 0 Å². The quantitative estimate of drug-likeness (QED) is 0.906. The molecule has 21 heavy (non-hydrogen) atoms. The number of nitrogens with one attached hydrogen (secondary N) is 2. The molecule has 0 saturated heterocycles. The highest BCUT2D eigenvalue weighted by molar-refractivity contribution is 6.00. The van der Waals surface area contributed by atoms with Crippen LogP contribution in [0.25, 0.3) is 0 Å². The van der Waals surface area contributed by atoms with Crippen LogP contribution in [-0.4, -0.2) is 20.3 Å². The van der Waals surface area contributed by atoms with E-state index in [0.29, 0.717) is 22.9 Å². The molecule has 5 nitrogen and oxygen atoms in total. The number of amides is 2. The van der Waals surface area contributed by atoms with Gasteiger partial charge in [0.05, 0.1) is 19.9 Å². The summed E-state index contributed by atoms with van der Waals surface area (Å²) in [6.45, 7) is 0. The van der Waals surface area contributed by atoms with Gasteiger partial charge in [0.2, 0.25) is 0 Å². The summed E-state index contributed by atoms with van der Waals surface area (Å²) in [7, 11) is 3.04. The Hall–Kier alpha value is -2.76. The molecule has 0 aliphatic heterocycles. The average Bonchev–Trinajstić information content (AvgIpc) is 2.50. The molecule has 110 valence electrons.